The Morgan fingerprint density at radius 2 is 2.00 bits per heavy atom. The summed E-state index contributed by atoms with van der Waals surface area (Å²) in [6, 6.07) is 15.6. The lowest BCUT2D eigenvalue weighted by atomic mass is 10.1. The van der Waals surface area contributed by atoms with Gasteiger partial charge in [0.15, 0.2) is 0 Å². The molecule has 3 aromatic rings. The number of thioether (sulfide) groups is 1. The van der Waals surface area contributed by atoms with Gasteiger partial charge in [-0.2, -0.15) is 0 Å². The largest absolute Gasteiger partial charge is 0.496 e. The molecule has 2 N–H and O–H groups in total. The maximum absolute atomic E-state index is 12.8. The Morgan fingerprint density at radius 3 is 2.84 bits per heavy atom. The van der Waals surface area contributed by atoms with Gasteiger partial charge in [-0.1, -0.05) is 60.4 Å². The summed E-state index contributed by atoms with van der Waals surface area (Å²) >= 11 is 6.61. The highest BCUT2D eigenvalue weighted by molar-refractivity contribution is 8.26. The number of nitrogens with zero attached hydrogens (tertiary/aromatic N) is 1. The molecule has 2 aromatic carbocycles. The van der Waals surface area contributed by atoms with E-state index in [-0.39, 0.29) is 24.8 Å². The van der Waals surface area contributed by atoms with Crippen LogP contribution in [0.5, 0.6) is 5.75 Å². The van der Waals surface area contributed by atoms with Gasteiger partial charge < -0.3 is 15.0 Å². The van der Waals surface area contributed by atoms with Gasteiger partial charge in [-0.05, 0) is 30.2 Å². The minimum absolute atomic E-state index is 0.104. The van der Waals surface area contributed by atoms with E-state index in [1.165, 1.54) is 27.6 Å². The molecule has 0 bridgehead atoms. The lowest BCUT2D eigenvalue weighted by Gasteiger charge is -2.14. The molecule has 0 spiro atoms. The second-order valence-electron chi connectivity index (χ2n) is 7.28. The van der Waals surface area contributed by atoms with Gasteiger partial charge in [-0.15, -0.1) is 0 Å². The van der Waals surface area contributed by atoms with E-state index in [0.29, 0.717) is 21.5 Å². The molecule has 0 atom stereocenters. The molecular formula is C24H23N3O3S2. The summed E-state index contributed by atoms with van der Waals surface area (Å²) in [7, 11) is 1.59. The van der Waals surface area contributed by atoms with Gasteiger partial charge in [0.1, 0.15) is 10.1 Å². The summed E-state index contributed by atoms with van der Waals surface area (Å²) < 4.78 is 5.81. The minimum atomic E-state index is -0.183. The average Bonchev–Trinajstić information content (AvgIpc) is 3.33. The fourth-order valence-corrected chi connectivity index (χ4v) is 4.90. The number of para-hydroxylation sites is 2. The fraction of sp³-hybridized carbons (Fsp3) is 0.208. The summed E-state index contributed by atoms with van der Waals surface area (Å²) in [6.45, 7) is 0.791. The first kappa shape index (κ1) is 22.1. The maximum Gasteiger partial charge on any atom is 0.266 e. The van der Waals surface area contributed by atoms with Crippen LogP contribution in [0.3, 0.4) is 0 Å². The zero-order valence-corrected chi connectivity index (χ0v) is 19.2. The summed E-state index contributed by atoms with van der Waals surface area (Å²) in [5, 5.41) is 4.10. The highest BCUT2D eigenvalue weighted by atomic mass is 32.2. The number of amides is 2. The summed E-state index contributed by atoms with van der Waals surface area (Å²) in [4.78, 5) is 30.4. The number of fused-ring (bicyclic) bond motifs is 1. The van der Waals surface area contributed by atoms with Gasteiger partial charge in [0.05, 0.1) is 12.0 Å². The fourth-order valence-electron chi connectivity index (χ4n) is 3.60. The van der Waals surface area contributed by atoms with Crippen LogP contribution in [0, 0.1) is 0 Å². The third kappa shape index (κ3) is 4.87. The van der Waals surface area contributed by atoms with E-state index in [1.807, 2.05) is 48.7 Å². The molecule has 2 heterocycles. The van der Waals surface area contributed by atoms with Crippen molar-refractivity contribution in [3.05, 3.63) is 70.8 Å². The first-order valence-electron chi connectivity index (χ1n) is 10.3. The Bertz CT molecular complexity index is 1200. The predicted molar refractivity (Wildman–Crippen MR) is 133 cm³/mol. The summed E-state index contributed by atoms with van der Waals surface area (Å²) in [6.07, 6.45) is 4.69. The number of hydrogen-bond acceptors (Lipinski definition) is 5. The number of carbonyl (C=O) groups is 2. The molecule has 32 heavy (non-hydrogen) atoms. The Kier molecular flexibility index (Phi) is 6.92. The normalized spacial score (nSPS) is 15.0. The molecule has 0 radical (unpaired) electrons. The SMILES string of the molecule is COc1ccccc1/C=C1\SC(=S)N(CCC(=O)NCCc2c[nH]c3ccccc23)C1=O. The van der Waals surface area contributed by atoms with Crippen LogP contribution in [0.2, 0.25) is 0 Å². The van der Waals surface area contributed by atoms with Crippen LogP contribution < -0.4 is 10.1 Å². The van der Waals surface area contributed by atoms with Crippen LogP contribution in [0.15, 0.2) is 59.6 Å². The number of methoxy groups -OCH3 is 1. The lowest BCUT2D eigenvalue weighted by Crippen LogP contribution is -2.34. The maximum atomic E-state index is 12.8. The summed E-state index contributed by atoms with van der Waals surface area (Å²) in [5.74, 6) is 0.400. The van der Waals surface area contributed by atoms with Crippen molar-refractivity contribution in [2.45, 2.75) is 12.8 Å². The lowest BCUT2D eigenvalue weighted by molar-refractivity contribution is -0.123. The van der Waals surface area contributed by atoms with Crippen molar-refractivity contribution < 1.29 is 14.3 Å². The Hall–Kier alpha value is -3.10. The van der Waals surface area contributed by atoms with Gasteiger partial charge in [0.25, 0.3) is 5.91 Å². The van der Waals surface area contributed by atoms with Crippen LogP contribution in [0.25, 0.3) is 17.0 Å². The number of aromatic amines is 1. The van der Waals surface area contributed by atoms with E-state index in [2.05, 4.69) is 16.4 Å². The van der Waals surface area contributed by atoms with E-state index in [9.17, 15) is 9.59 Å². The third-order valence-corrected chi connectivity index (χ3v) is 6.63. The first-order chi connectivity index (χ1) is 15.6. The number of thiocarbonyl (C=S) groups is 1. The number of nitrogens with one attached hydrogen (secondary N) is 2. The minimum Gasteiger partial charge on any atom is -0.496 e. The van der Waals surface area contributed by atoms with Crippen LogP contribution in [-0.2, 0) is 16.0 Å². The van der Waals surface area contributed by atoms with Gasteiger partial charge in [-0.3, -0.25) is 14.5 Å². The molecule has 1 aliphatic heterocycles. The third-order valence-electron chi connectivity index (χ3n) is 5.25. The quantitative estimate of drug-likeness (QED) is 0.387. The number of H-pyrrole nitrogens is 1. The molecule has 1 fully saturated rings. The molecule has 164 valence electrons. The number of rotatable bonds is 8. The molecule has 1 aliphatic rings. The van der Waals surface area contributed by atoms with Crippen molar-refractivity contribution in [2.24, 2.45) is 0 Å². The van der Waals surface area contributed by atoms with E-state index >= 15 is 0 Å². The molecule has 1 saturated heterocycles. The number of ether oxygens (including phenoxy) is 1. The number of hydrogen-bond donors (Lipinski definition) is 2. The average molecular weight is 466 g/mol. The van der Waals surface area contributed by atoms with Crippen molar-refractivity contribution in [2.75, 3.05) is 20.2 Å². The molecule has 2 amide bonds. The summed E-state index contributed by atoms with van der Waals surface area (Å²) in [5.41, 5.74) is 3.06. The molecule has 0 aliphatic carbocycles. The molecular weight excluding hydrogens is 442 g/mol. The second kappa shape index (κ2) is 10.0. The number of aromatic nitrogens is 1. The van der Waals surface area contributed by atoms with Gasteiger partial charge >= 0.3 is 0 Å². The Labute approximate surface area is 196 Å². The smallest absolute Gasteiger partial charge is 0.266 e. The standard InChI is InChI=1S/C24H23N3O3S2/c1-30-20-9-5-2-6-16(20)14-21-23(29)27(24(31)32-21)13-11-22(28)25-12-10-17-15-26-19-8-4-3-7-18(17)19/h2-9,14-15,26H,10-13H2,1H3,(H,25,28)/b21-14-. The Balaban J connectivity index is 1.29. The van der Waals surface area contributed by atoms with Crippen molar-refractivity contribution in [1.82, 2.24) is 15.2 Å². The monoisotopic (exact) mass is 465 g/mol. The predicted octanol–water partition coefficient (Wildman–Crippen LogP) is 4.13. The first-order valence-corrected chi connectivity index (χ1v) is 11.5. The van der Waals surface area contributed by atoms with Gasteiger partial charge in [0, 0.05) is 42.2 Å². The van der Waals surface area contributed by atoms with Crippen LogP contribution >= 0.6 is 24.0 Å². The molecule has 1 aromatic heterocycles. The van der Waals surface area contributed by atoms with Crippen molar-refractivity contribution in [1.29, 1.82) is 0 Å². The van der Waals surface area contributed by atoms with Gasteiger partial charge in [0.2, 0.25) is 5.91 Å². The number of carbonyl (C=O) groups excluding carboxylic acids is 2. The molecule has 0 unspecified atom stereocenters. The van der Waals surface area contributed by atoms with E-state index in [1.54, 1.807) is 13.2 Å². The zero-order chi connectivity index (χ0) is 22.5. The van der Waals surface area contributed by atoms with Crippen LogP contribution in [0.4, 0.5) is 0 Å². The van der Waals surface area contributed by atoms with Crippen molar-refractivity contribution in [3.8, 4) is 5.75 Å². The zero-order valence-electron chi connectivity index (χ0n) is 17.6. The Morgan fingerprint density at radius 1 is 1.22 bits per heavy atom. The van der Waals surface area contributed by atoms with Gasteiger partial charge in [-0.25, -0.2) is 0 Å². The van der Waals surface area contributed by atoms with E-state index in [4.69, 9.17) is 17.0 Å². The second-order valence-corrected chi connectivity index (χ2v) is 8.96. The molecule has 6 nitrogen and oxygen atoms in total. The molecule has 4 rings (SSSR count). The van der Waals surface area contributed by atoms with E-state index < -0.39 is 0 Å². The van der Waals surface area contributed by atoms with Crippen LogP contribution in [0.1, 0.15) is 17.5 Å². The highest BCUT2D eigenvalue weighted by Crippen LogP contribution is 2.34. The highest BCUT2D eigenvalue weighted by Gasteiger charge is 2.32. The molecule has 0 saturated carbocycles. The van der Waals surface area contributed by atoms with Crippen molar-refractivity contribution in [3.63, 3.8) is 0 Å². The van der Waals surface area contributed by atoms with Crippen LogP contribution in [-0.4, -0.2) is 46.2 Å². The number of benzene rings is 2. The van der Waals surface area contributed by atoms with E-state index in [0.717, 1.165) is 17.5 Å². The topological polar surface area (TPSA) is 74.4 Å². The molecule has 8 heteroatoms. The van der Waals surface area contributed by atoms with Crippen molar-refractivity contribution >= 4 is 57.1 Å².